The first-order valence-electron chi connectivity index (χ1n) is 15.5. The van der Waals surface area contributed by atoms with Crippen molar-refractivity contribution < 1.29 is 30.3 Å². The van der Waals surface area contributed by atoms with Crippen molar-refractivity contribution in [3.63, 3.8) is 0 Å². The third kappa shape index (κ3) is 13.4. The molecule has 7 rings (SSSR count). The van der Waals surface area contributed by atoms with E-state index in [0.717, 1.165) is 10.7 Å². The molecule has 0 aliphatic carbocycles. The van der Waals surface area contributed by atoms with Crippen LogP contribution < -0.4 is 30.3 Å². The van der Waals surface area contributed by atoms with Crippen molar-refractivity contribution in [2.24, 2.45) is 0 Å². The normalized spacial score (nSPS) is 10.2. The second-order valence-electron chi connectivity index (χ2n) is 10.5. The summed E-state index contributed by atoms with van der Waals surface area (Å²) in [6.07, 6.45) is 6.86. The molecule has 0 aliphatic heterocycles. The Morgan fingerprint density at radius 1 is 0.528 bits per heavy atom. The molecule has 12 heteroatoms. The van der Waals surface area contributed by atoms with Crippen LogP contribution in [0.4, 0.5) is 16.5 Å². The van der Waals surface area contributed by atoms with Gasteiger partial charge in [0.25, 0.3) is 0 Å². The number of aromatic nitrogens is 1. The standard InChI is InChI=1S/C17H13NO.C14H10N2O.C10H8N2OS.3Li/c19-17-11-4-3-10-16(17)18-12-14-8-5-7-13-6-1-2-9-15(13)14;15-9-11-5-1-3-7-13(11)16-10-12-6-2-4-8-14(12)17;13-9-4-2-1-3-8(9)7-12-10-11-5-6-14-10;;;/h1-12,19H;1-8,10,17H;1-7,13H;;;/q;;;3*-1. The van der Waals surface area contributed by atoms with Gasteiger partial charge in [-0.2, -0.15) is 5.26 Å². The van der Waals surface area contributed by atoms with Gasteiger partial charge in [-0.05, 0) is 39.7 Å². The minimum Gasteiger partial charge on any atom is -1.00 e. The van der Waals surface area contributed by atoms with Crippen LogP contribution in [0.2, 0.25) is 0 Å². The predicted octanol–water partition coefficient (Wildman–Crippen LogP) is 1.11. The fourth-order valence-corrected chi connectivity index (χ4v) is 5.11. The van der Waals surface area contributed by atoms with E-state index in [1.807, 2.05) is 54.1 Å². The van der Waals surface area contributed by atoms with Gasteiger partial charge < -0.3 is 71.9 Å². The summed E-state index contributed by atoms with van der Waals surface area (Å²) in [6.45, 7) is 0. The zero-order valence-electron chi connectivity index (χ0n) is 29.7. The summed E-state index contributed by atoms with van der Waals surface area (Å²) >= 11 is 1.49. The fourth-order valence-electron chi connectivity index (χ4n) is 4.61. The molecule has 53 heavy (non-hydrogen) atoms. The van der Waals surface area contributed by atoms with Gasteiger partial charge in [0, 0.05) is 34.2 Å². The zero-order valence-corrected chi connectivity index (χ0v) is 30.5. The van der Waals surface area contributed by atoms with Crippen molar-refractivity contribution >= 4 is 114 Å². The van der Waals surface area contributed by atoms with Crippen LogP contribution in [-0.4, -0.2) is 80.2 Å². The van der Waals surface area contributed by atoms with E-state index in [4.69, 9.17) is 5.26 Å². The van der Waals surface area contributed by atoms with E-state index < -0.39 is 0 Å². The van der Waals surface area contributed by atoms with Gasteiger partial charge in [0.1, 0.15) is 11.6 Å². The summed E-state index contributed by atoms with van der Waals surface area (Å²) in [5.74, 6) is -0.0371. The largest absolute Gasteiger partial charge is 1.00 e. The van der Waals surface area contributed by atoms with Gasteiger partial charge >= 0.3 is 5.13 Å². The topological polar surface area (TPSA) is 148 Å². The van der Waals surface area contributed by atoms with E-state index in [9.17, 15) is 15.3 Å². The van der Waals surface area contributed by atoms with Gasteiger partial charge in [0.15, 0.2) is 24.3 Å². The van der Waals surface area contributed by atoms with Crippen LogP contribution in [0.25, 0.3) is 10.8 Å². The number of hydrogen-bond acceptors (Lipinski definition) is 6. The third-order valence-corrected chi connectivity index (χ3v) is 7.85. The fraction of sp³-hybridized carbons (Fsp3) is 0. The summed E-state index contributed by atoms with van der Waals surface area (Å²) in [5.41, 5.74) is 4.12. The van der Waals surface area contributed by atoms with Crippen molar-refractivity contribution in [2.45, 2.75) is 0 Å². The van der Waals surface area contributed by atoms with Crippen LogP contribution in [0.5, 0.6) is 17.2 Å². The summed E-state index contributed by atoms with van der Waals surface area (Å²) < 4.78 is 0. The maximum atomic E-state index is 11.6. The number of nitrogens with zero attached hydrogens (tertiary/aromatic N) is 2. The Kier molecular flexibility index (Phi) is 19.5. The molecule has 6 aromatic carbocycles. The number of fused-ring (bicyclic) bond motifs is 1. The van der Waals surface area contributed by atoms with Crippen LogP contribution in [0.3, 0.4) is 0 Å². The molecule has 1 heterocycles. The molecular weight excluding hydrogens is 663 g/mol. The van der Waals surface area contributed by atoms with Crippen LogP contribution in [-0.2, 0) is 0 Å². The molecule has 0 amide bonds. The maximum absolute atomic E-state index is 11.6. The second kappa shape index (κ2) is 23.5. The molecule has 7 aromatic rings. The van der Waals surface area contributed by atoms with Crippen molar-refractivity contribution in [2.75, 3.05) is 0 Å². The Hall–Kier alpha value is -5.10. The first-order valence-corrected chi connectivity index (χ1v) is 16.3. The predicted molar refractivity (Wildman–Crippen MR) is 210 cm³/mol. The Bertz CT molecular complexity index is 2300. The number of thiazole rings is 1. The third-order valence-electron chi connectivity index (χ3n) is 7.15. The smallest absolute Gasteiger partial charge is 0.379 e. The summed E-state index contributed by atoms with van der Waals surface area (Å²) in [6, 6.07) is 44.1. The van der Waals surface area contributed by atoms with Crippen molar-refractivity contribution in [3.05, 3.63) is 173 Å². The number of para-hydroxylation sites is 5. The minimum absolute atomic E-state index is 0. The SMILES string of the molecule is N#Cc1ccccc1[NH+]=Cc1ccccc1[O-].[Li-].[Li-].[Li-].[O-]c1ccccc1C=[NH+]c1nccs1.[O-]c1ccccc1[NH+]=Cc1cccc2ccccc12. The van der Waals surface area contributed by atoms with Crippen molar-refractivity contribution in [1.29, 1.82) is 5.26 Å². The molecule has 0 aliphatic rings. The van der Waals surface area contributed by atoms with Gasteiger partial charge in [0.05, 0.1) is 6.21 Å². The van der Waals surface area contributed by atoms with E-state index in [1.54, 1.807) is 85.4 Å². The number of nitriles is 1. The Morgan fingerprint density at radius 3 is 1.64 bits per heavy atom. The Balaban J connectivity index is 0.000000270. The number of benzene rings is 6. The molecule has 1 aromatic heterocycles. The van der Waals surface area contributed by atoms with Crippen LogP contribution in [0.1, 0.15) is 22.3 Å². The number of hydrogen-bond donors (Lipinski definition) is 3. The van der Waals surface area contributed by atoms with E-state index in [1.165, 1.54) is 34.2 Å². The van der Waals surface area contributed by atoms with Gasteiger partial charge in [-0.15, -0.1) is 0 Å². The monoisotopic (exact) mass is 694 g/mol. The number of rotatable bonds is 6. The molecule has 0 atom stereocenters. The number of nitrogens with one attached hydrogen (secondary N) is 3. The molecular formula is C41H31Li3N5O3S-3. The van der Waals surface area contributed by atoms with E-state index >= 15 is 0 Å². The maximum Gasteiger partial charge on any atom is 0.379 e. The summed E-state index contributed by atoms with van der Waals surface area (Å²) in [4.78, 5) is 13.1. The van der Waals surface area contributed by atoms with E-state index in [0.29, 0.717) is 28.1 Å². The summed E-state index contributed by atoms with van der Waals surface area (Å²) in [5, 5.41) is 48.3. The van der Waals surface area contributed by atoms with Crippen molar-refractivity contribution in [1.82, 2.24) is 4.98 Å². The first-order chi connectivity index (χ1) is 24.5. The molecule has 0 spiro atoms. The molecule has 8 nitrogen and oxygen atoms in total. The quantitative estimate of drug-likeness (QED) is 0.176. The average molecular weight is 695 g/mol. The van der Waals surface area contributed by atoms with Gasteiger partial charge in [-0.1, -0.05) is 132 Å². The van der Waals surface area contributed by atoms with Crippen molar-refractivity contribution in [3.8, 4) is 23.3 Å². The molecule has 0 fully saturated rings. The zero-order chi connectivity index (χ0) is 35.0. The van der Waals surface area contributed by atoms with Gasteiger partial charge in [0.2, 0.25) is 5.69 Å². The van der Waals surface area contributed by atoms with Gasteiger partial charge in [-0.25, -0.2) is 15.0 Å². The molecule has 0 unspecified atom stereocenters. The molecule has 0 saturated carbocycles. The summed E-state index contributed by atoms with van der Waals surface area (Å²) in [7, 11) is 0. The first kappa shape index (κ1) is 44.1. The minimum atomic E-state index is -0.0468. The Labute approximate surface area is 348 Å². The molecule has 3 N–H and O–H groups in total. The van der Waals surface area contributed by atoms with Crippen LogP contribution in [0.15, 0.2) is 151 Å². The Morgan fingerprint density at radius 2 is 1.02 bits per heavy atom. The second-order valence-corrected chi connectivity index (χ2v) is 11.4. The van der Waals surface area contributed by atoms with E-state index in [2.05, 4.69) is 44.2 Å². The molecule has 6 radical (unpaired) electrons. The van der Waals surface area contributed by atoms with Crippen LogP contribution >= 0.6 is 11.3 Å². The van der Waals surface area contributed by atoms with Gasteiger partial charge in [-0.3, -0.25) is 0 Å². The average Bonchev–Trinajstić information content (AvgIpc) is 3.68. The van der Waals surface area contributed by atoms with E-state index in [-0.39, 0.29) is 73.8 Å². The molecule has 0 bridgehead atoms. The van der Waals surface area contributed by atoms with Crippen LogP contribution in [0, 0.1) is 11.3 Å². The molecule has 250 valence electrons. The molecule has 0 saturated heterocycles.